The molecule has 4 nitrogen and oxygen atoms in total. The zero-order valence-electron chi connectivity index (χ0n) is 10.5. The smallest absolute Gasteiger partial charge is 0.197 e. The van der Waals surface area contributed by atoms with Crippen LogP contribution in [0.5, 0.6) is 0 Å². The van der Waals surface area contributed by atoms with Gasteiger partial charge in [-0.2, -0.15) is 5.10 Å². The molecule has 0 aliphatic carbocycles. The predicted octanol–water partition coefficient (Wildman–Crippen LogP) is 2.29. The molecule has 1 rings (SSSR count). The predicted molar refractivity (Wildman–Crippen MR) is 62.6 cm³/mol. The van der Waals surface area contributed by atoms with Gasteiger partial charge in [0.1, 0.15) is 5.60 Å². The fourth-order valence-electron chi connectivity index (χ4n) is 1.61. The van der Waals surface area contributed by atoms with Gasteiger partial charge < -0.3 is 4.74 Å². The van der Waals surface area contributed by atoms with Crippen LogP contribution in [-0.2, 0) is 11.3 Å². The van der Waals surface area contributed by atoms with E-state index in [1.165, 1.54) is 0 Å². The van der Waals surface area contributed by atoms with Crippen LogP contribution in [-0.4, -0.2) is 27.8 Å². The lowest BCUT2D eigenvalue weighted by Crippen LogP contribution is -2.34. The van der Waals surface area contributed by atoms with Gasteiger partial charge in [-0.05, 0) is 27.2 Å². The molecule has 0 N–H and O–H groups in total. The van der Waals surface area contributed by atoms with Crippen molar-refractivity contribution in [1.29, 1.82) is 0 Å². The summed E-state index contributed by atoms with van der Waals surface area (Å²) in [4.78, 5) is 12.1. The minimum absolute atomic E-state index is 0.0169. The Balaban J connectivity index is 2.79. The molecular weight excluding hydrogens is 204 g/mol. The zero-order chi connectivity index (χ0) is 12.2. The van der Waals surface area contributed by atoms with E-state index >= 15 is 0 Å². The lowest BCUT2D eigenvalue weighted by atomic mass is 9.99. The lowest BCUT2D eigenvalue weighted by molar-refractivity contribution is 0.00125. The van der Waals surface area contributed by atoms with Crippen LogP contribution in [0.3, 0.4) is 0 Å². The van der Waals surface area contributed by atoms with Gasteiger partial charge in [0.2, 0.25) is 0 Å². The molecule has 0 bridgehead atoms. The summed E-state index contributed by atoms with van der Waals surface area (Å²) in [5.41, 5.74) is -0.152. The number of hydrogen-bond acceptors (Lipinski definition) is 3. The normalized spacial score (nSPS) is 11.8. The molecule has 1 aromatic rings. The number of ether oxygens (including phenoxy) is 1. The highest BCUT2D eigenvalue weighted by Crippen LogP contribution is 2.16. The summed E-state index contributed by atoms with van der Waals surface area (Å²) in [5.74, 6) is -0.0169. The standard InChI is InChI=1S/C12H20N2O2/c1-5-7-14-9-10(8-13-14)11(15)12(3,4)16-6-2/h8-9H,5-7H2,1-4H3. The number of carbonyl (C=O) groups is 1. The second-order valence-electron chi connectivity index (χ2n) is 4.26. The van der Waals surface area contributed by atoms with E-state index in [0.717, 1.165) is 13.0 Å². The molecule has 0 saturated heterocycles. The maximum atomic E-state index is 12.1. The van der Waals surface area contributed by atoms with E-state index in [9.17, 15) is 4.79 Å². The van der Waals surface area contributed by atoms with Gasteiger partial charge in [-0.25, -0.2) is 0 Å². The van der Waals surface area contributed by atoms with Crippen molar-refractivity contribution in [1.82, 2.24) is 9.78 Å². The van der Waals surface area contributed by atoms with E-state index in [1.807, 2.05) is 6.92 Å². The molecule has 0 fully saturated rings. The minimum atomic E-state index is -0.769. The van der Waals surface area contributed by atoms with E-state index in [2.05, 4.69) is 12.0 Å². The summed E-state index contributed by atoms with van der Waals surface area (Å²) in [7, 11) is 0. The summed E-state index contributed by atoms with van der Waals surface area (Å²) >= 11 is 0. The van der Waals surface area contributed by atoms with Crippen molar-refractivity contribution in [2.45, 2.75) is 46.3 Å². The molecule has 0 unspecified atom stereocenters. The first-order valence-corrected chi connectivity index (χ1v) is 5.72. The van der Waals surface area contributed by atoms with Crippen LogP contribution in [0.1, 0.15) is 44.5 Å². The molecule has 0 spiro atoms. The lowest BCUT2D eigenvalue weighted by Gasteiger charge is -2.21. The number of Topliss-reactive ketones (excluding diaryl/α,β-unsaturated/α-hetero) is 1. The highest BCUT2D eigenvalue weighted by atomic mass is 16.5. The monoisotopic (exact) mass is 224 g/mol. The first-order valence-electron chi connectivity index (χ1n) is 5.72. The zero-order valence-corrected chi connectivity index (χ0v) is 10.5. The number of aromatic nitrogens is 2. The molecule has 0 atom stereocenters. The molecule has 0 radical (unpaired) electrons. The first kappa shape index (κ1) is 12.9. The first-order chi connectivity index (χ1) is 7.51. The topological polar surface area (TPSA) is 44.1 Å². The molecule has 0 aromatic carbocycles. The highest BCUT2D eigenvalue weighted by molar-refractivity contribution is 6.01. The van der Waals surface area contributed by atoms with Crippen LogP contribution in [0.4, 0.5) is 0 Å². The van der Waals surface area contributed by atoms with Crippen LogP contribution in [0.15, 0.2) is 12.4 Å². The Bertz CT molecular complexity index is 356. The number of aryl methyl sites for hydroxylation is 1. The molecule has 1 aromatic heterocycles. The van der Waals surface area contributed by atoms with Gasteiger partial charge in [0.25, 0.3) is 0 Å². The van der Waals surface area contributed by atoms with Crippen molar-refractivity contribution in [3.8, 4) is 0 Å². The van der Waals surface area contributed by atoms with Crippen LogP contribution < -0.4 is 0 Å². The summed E-state index contributed by atoms with van der Waals surface area (Å²) in [5, 5.41) is 4.14. The molecule has 90 valence electrons. The number of rotatable bonds is 6. The van der Waals surface area contributed by atoms with E-state index in [-0.39, 0.29) is 5.78 Å². The van der Waals surface area contributed by atoms with Crippen molar-refractivity contribution in [3.63, 3.8) is 0 Å². The SMILES string of the molecule is CCCn1cc(C(=O)C(C)(C)OCC)cn1. The maximum Gasteiger partial charge on any atom is 0.197 e. The van der Waals surface area contributed by atoms with Gasteiger partial charge in [0.05, 0.1) is 11.8 Å². The third-order valence-electron chi connectivity index (χ3n) is 2.40. The van der Waals surface area contributed by atoms with Gasteiger partial charge in [0.15, 0.2) is 5.78 Å². The van der Waals surface area contributed by atoms with E-state index < -0.39 is 5.60 Å². The van der Waals surface area contributed by atoms with Crippen LogP contribution in [0.25, 0.3) is 0 Å². The van der Waals surface area contributed by atoms with E-state index in [1.54, 1.807) is 30.9 Å². The summed E-state index contributed by atoms with van der Waals surface area (Å²) in [6.45, 7) is 8.90. The highest BCUT2D eigenvalue weighted by Gasteiger charge is 2.29. The molecular formula is C12H20N2O2. The number of hydrogen-bond donors (Lipinski definition) is 0. The fraction of sp³-hybridized carbons (Fsp3) is 0.667. The van der Waals surface area contributed by atoms with Crippen LogP contribution >= 0.6 is 0 Å². The quantitative estimate of drug-likeness (QED) is 0.696. The van der Waals surface area contributed by atoms with Crippen molar-refractivity contribution in [3.05, 3.63) is 18.0 Å². The van der Waals surface area contributed by atoms with Gasteiger partial charge in [0, 0.05) is 19.3 Å². The average Bonchev–Trinajstić information content (AvgIpc) is 2.65. The van der Waals surface area contributed by atoms with Gasteiger partial charge in [-0.15, -0.1) is 0 Å². The van der Waals surface area contributed by atoms with Gasteiger partial charge in [-0.1, -0.05) is 6.92 Å². The second kappa shape index (κ2) is 5.25. The van der Waals surface area contributed by atoms with Crippen molar-refractivity contribution in [2.24, 2.45) is 0 Å². The van der Waals surface area contributed by atoms with Crippen molar-refractivity contribution < 1.29 is 9.53 Å². The summed E-state index contributed by atoms with van der Waals surface area (Å²) in [6.07, 6.45) is 4.40. The molecule has 16 heavy (non-hydrogen) atoms. The van der Waals surface area contributed by atoms with Crippen LogP contribution in [0, 0.1) is 0 Å². The van der Waals surface area contributed by atoms with Crippen molar-refractivity contribution in [2.75, 3.05) is 6.61 Å². The Labute approximate surface area is 96.6 Å². The maximum absolute atomic E-state index is 12.1. The summed E-state index contributed by atoms with van der Waals surface area (Å²) < 4.78 is 7.22. The summed E-state index contributed by atoms with van der Waals surface area (Å²) in [6, 6.07) is 0. The van der Waals surface area contributed by atoms with Crippen molar-refractivity contribution >= 4 is 5.78 Å². The number of ketones is 1. The fourth-order valence-corrected chi connectivity index (χ4v) is 1.61. The van der Waals surface area contributed by atoms with Crippen LogP contribution in [0.2, 0.25) is 0 Å². The number of carbonyl (C=O) groups excluding carboxylic acids is 1. The molecule has 0 aliphatic heterocycles. The third kappa shape index (κ3) is 2.92. The Morgan fingerprint density at radius 1 is 1.50 bits per heavy atom. The van der Waals surface area contributed by atoms with E-state index in [4.69, 9.17) is 4.74 Å². The molecule has 0 amide bonds. The Morgan fingerprint density at radius 2 is 2.19 bits per heavy atom. The molecule has 0 saturated carbocycles. The van der Waals surface area contributed by atoms with Gasteiger partial charge in [-0.3, -0.25) is 9.48 Å². The Morgan fingerprint density at radius 3 is 2.75 bits per heavy atom. The largest absolute Gasteiger partial charge is 0.368 e. The Kier molecular flexibility index (Phi) is 4.24. The molecule has 0 aliphatic rings. The molecule has 4 heteroatoms. The second-order valence-corrected chi connectivity index (χ2v) is 4.26. The van der Waals surface area contributed by atoms with Gasteiger partial charge >= 0.3 is 0 Å². The average molecular weight is 224 g/mol. The minimum Gasteiger partial charge on any atom is -0.368 e. The number of nitrogens with zero attached hydrogens (tertiary/aromatic N) is 2. The third-order valence-corrected chi connectivity index (χ3v) is 2.40. The molecule has 1 heterocycles. The van der Waals surface area contributed by atoms with E-state index in [0.29, 0.717) is 12.2 Å². The Hall–Kier alpha value is -1.16.